The topological polar surface area (TPSA) is 49.6 Å². The third-order valence-corrected chi connectivity index (χ3v) is 5.10. The predicted octanol–water partition coefficient (Wildman–Crippen LogP) is 3.62. The largest absolute Gasteiger partial charge is 0.448 e. The van der Waals surface area contributed by atoms with Crippen LogP contribution in [0.1, 0.15) is 28.2 Å². The molecule has 1 fully saturated rings. The van der Waals surface area contributed by atoms with Gasteiger partial charge in [0.05, 0.1) is 5.69 Å². The summed E-state index contributed by atoms with van der Waals surface area (Å²) in [6.45, 7) is 5.55. The Morgan fingerprint density at radius 2 is 2.04 bits per heavy atom. The van der Waals surface area contributed by atoms with Gasteiger partial charge in [-0.05, 0) is 31.5 Å². The third kappa shape index (κ3) is 3.57. The maximum Gasteiger partial charge on any atom is 0.289 e. The minimum absolute atomic E-state index is 0.157. The molecule has 1 saturated heterocycles. The van der Waals surface area contributed by atoms with Crippen LogP contribution in [-0.2, 0) is 6.54 Å². The van der Waals surface area contributed by atoms with E-state index in [4.69, 9.17) is 4.42 Å². The van der Waals surface area contributed by atoms with E-state index < -0.39 is 5.82 Å². The number of furan rings is 1. The Kier molecular flexibility index (Phi) is 4.90. The second-order valence-electron chi connectivity index (χ2n) is 6.92. The molecule has 0 unspecified atom stereocenters. The van der Waals surface area contributed by atoms with Crippen LogP contribution < -0.4 is 0 Å². The zero-order valence-electron chi connectivity index (χ0n) is 15.3. The number of rotatable bonds is 3. The summed E-state index contributed by atoms with van der Waals surface area (Å²) < 4.78 is 19.6. The van der Waals surface area contributed by atoms with Gasteiger partial charge in [-0.3, -0.25) is 14.7 Å². The van der Waals surface area contributed by atoms with Gasteiger partial charge in [0.15, 0.2) is 17.2 Å². The van der Waals surface area contributed by atoms with Crippen molar-refractivity contribution in [3.63, 3.8) is 0 Å². The van der Waals surface area contributed by atoms with Crippen LogP contribution in [0.3, 0.4) is 0 Å². The number of nitrogens with zero attached hydrogens (tertiary/aromatic N) is 3. The van der Waals surface area contributed by atoms with Gasteiger partial charge in [-0.2, -0.15) is 0 Å². The Labute approximate surface area is 157 Å². The molecule has 1 amide bonds. The van der Waals surface area contributed by atoms with E-state index in [-0.39, 0.29) is 17.3 Å². The highest BCUT2D eigenvalue weighted by molar-refractivity contribution is 5.99. The van der Waals surface area contributed by atoms with Crippen molar-refractivity contribution < 1.29 is 13.6 Å². The van der Waals surface area contributed by atoms with Gasteiger partial charge in [0, 0.05) is 49.9 Å². The van der Waals surface area contributed by atoms with E-state index in [1.54, 1.807) is 23.2 Å². The van der Waals surface area contributed by atoms with Crippen molar-refractivity contribution >= 4 is 16.9 Å². The second-order valence-corrected chi connectivity index (χ2v) is 6.92. The summed E-state index contributed by atoms with van der Waals surface area (Å²) in [5, 5.41) is 0.657. The maximum atomic E-state index is 14.0. The average Bonchev–Trinajstić information content (AvgIpc) is 2.86. The van der Waals surface area contributed by atoms with Gasteiger partial charge in [0.25, 0.3) is 5.91 Å². The maximum absolute atomic E-state index is 14.0. The van der Waals surface area contributed by atoms with Crippen LogP contribution in [0.25, 0.3) is 11.0 Å². The molecule has 0 aliphatic carbocycles. The van der Waals surface area contributed by atoms with Crippen molar-refractivity contribution in [1.29, 1.82) is 0 Å². The molecule has 4 rings (SSSR count). The van der Waals surface area contributed by atoms with Gasteiger partial charge in [-0.15, -0.1) is 0 Å². The highest BCUT2D eigenvalue weighted by Gasteiger charge is 2.26. The lowest BCUT2D eigenvalue weighted by Crippen LogP contribution is -2.35. The molecule has 0 spiro atoms. The number of hydrogen-bond acceptors (Lipinski definition) is 4. The Balaban J connectivity index is 1.48. The molecule has 2 aromatic heterocycles. The van der Waals surface area contributed by atoms with Crippen LogP contribution in [0.4, 0.5) is 4.39 Å². The van der Waals surface area contributed by atoms with Crippen LogP contribution in [-0.4, -0.2) is 46.9 Å². The lowest BCUT2D eigenvalue weighted by atomic mass is 10.1. The monoisotopic (exact) mass is 367 g/mol. The zero-order chi connectivity index (χ0) is 18.8. The Hall–Kier alpha value is -2.73. The predicted molar refractivity (Wildman–Crippen MR) is 101 cm³/mol. The number of hydrogen-bond donors (Lipinski definition) is 0. The summed E-state index contributed by atoms with van der Waals surface area (Å²) in [7, 11) is 0. The number of fused-ring (bicyclic) bond motifs is 1. The van der Waals surface area contributed by atoms with Crippen molar-refractivity contribution in [3.8, 4) is 0 Å². The van der Waals surface area contributed by atoms with E-state index in [9.17, 15) is 9.18 Å². The van der Waals surface area contributed by atoms with E-state index in [2.05, 4.69) is 9.88 Å². The summed E-state index contributed by atoms with van der Waals surface area (Å²) in [6, 6.07) is 10.7. The third-order valence-electron chi connectivity index (χ3n) is 5.10. The minimum atomic E-state index is -0.438. The molecule has 0 radical (unpaired) electrons. The van der Waals surface area contributed by atoms with E-state index in [0.29, 0.717) is 24.0 Å². The second kappa shape index (κ2) is 7.48. The lowest BCUT2D eigenvalue weighted by Gasteiger charge is -2.21. The molecule has 3 heterocycles. The highest BCUT2D eigenvalue weighted by Crippen LogP contribution is 2.28. The van der Waals surface area contributed by atoms with Gasteiger partial charge in [-0.25, -0.2) is 4.39 Å². The fourth-order valence-electron chi connectivity index (χ4n) is 3.61. The summed E-state index contributed by atoms with van der Waals surface area (Å²) in [5.41, 5.74) is 1.88. The van der Waals surface area contributed by atoms with E-state index in [1.165, 1.54) is 6.07 Å². The van der Waals surface area contributed by atoms with Gasteiger partial charge in [-0.1, -0.05) is 18.2 Å². The molecule has 27 heavy (non-hydrogen) atoms. The molecule has 6 heteroatoms. The summed E-state index contributed by atoms with van der Waals surface area (Å²) in [4.78, 5) is 21.5. The average molecular weight is 367 g/mol. The van der Waals surface area contributed by atoms with Crippen molar-refractivity contribution in [3.05, 3.63) is 65.4 Å². The molecule has 1 aliphatic heterocycles. The number of halogens is 1. The number of carbonyl (C=O) groups is 1. The van der Waals surface area contributed by atoms with E-state index in [1.807, 2.05) is 25.1 Å². The molecule has 0 N–H and O–H groups in total. The van der Waals surface area contributed by atoms with E-state index in [0.717, 1.165) is 31.7 Å². The molecule has 3 aromatic rings. The molecule has 1 aliphatic rings. The number of carbonyl (C=O) groups excluding carboxylic acids is 1. The van der Waals surface area contributed by atoms with Crippen molar-refractivity contribution in [2.75, 3.05) is 26.2 Å². The summed E-state index contributed by atoms with van der Waals surface area (Å²) in [6.07, 6.45) is 2.68. The Morgan fingerprint density at radius 1 is 1.15 bits per heavy atom. The van der Waals surface area contributed by atoms with Gasteiger partial charge in [0.2, 0.25) is 0 Å². The van der Waals surface area contributed by atoms with Crippen LogP contribution in [0, 0.1) is 12.7 Å². The van der Waals surface area contributed by atoms with Crippen molar-refractivity contribution in [1.82, 2.24) is 14.8 Å². The standard InChI is InChI=1S/C21H22FN3O2/c1-15-17-7-4-8-18(22)20(17)27-19(15)21(26)25-11-5-10-24(12-13-25)14-16-6-2-3-9-23-16/h2-4,6-9H,5,10-14H2,1H3. The first kappa shape index (κ1) is 17.7. The van der Waals surface area contributed by atoms with Crippen molar-refractivity contribution in [2.24, 2.45) is 0 Å². The highest BCUT2D eigenvalue weighted by atomic mass is 19.1. The molecular formula is C21H22FN3O2. The van der Waals surface area contributed by atoms with Gasteiger partial charge in [0.1, 0.15) is 0 Å². The fourth-order valence-corrected chi connectivity index (χ4v) is 3.61. The molecule has 0 saturated carbocycles. The lowest BCUT2D eigenvalue weighted by molar-refractivity contribution is 0.0730. The number of aromatic nitrogens is 1. The van der Waals surface area contributed by atoms with Crippen LogP contribution >= 0.6 is 0 Å². The molecule has 1 aromatic carbocycles. The molecule has 5 nitrogen and oxygen atoms in total. The molecular weight excluding hydrogens is 345 g/mol. The smallest absolute Gasteiger partial charge is 0.289 e. The molecule has 140 valence electrons. The van der Waals surface area contributed by atoms with E-state index >= 15 is 0 Å². The fraction of sp³-hybridized carbons (Fsp3) is 0.333. The molecule has 0 bridgehead atoms. The van der Waals surface area contributed by atoms with Crippen LogP contribution in [0.5, 0.6) is 0 Å². The number of pyridine rings is 1. The molecule has 0 atom stereocenters. The number of amides is 1. The van der Waals surface area contributed by atoms with Gasteiger partial charge < -0.3 is 9.32 Å². The Bertz CT molecular complexity index is 955. The van der Waals surface area contributed by atoms with Gasteiger partial charge >= 0.3 is 0 Å². The SMILES string of the molecule is Cc1c(C(=O)N2CCCN(Cc3ccccn3)CC2)oc2c(F)cccc12. The number of para-hydroxylation sites is 1. The first-order valence-corrected chi connectivity index (χ1v) is 9.22. The quantitative estimate of drug-likeness (QED) is 0.709. The van der Waals surface area contributed by atoms with Crippen LogP contribution in [0.2, 0.25) is 0 Å². The summed E-state index contributed by atoms with van der Waals surface area (Å²) >= 11 is 0. The summed E-state index contributed by atoms with van der Waals surface area (Å²) in [5.74, 6) is -0.358. The Morgan fingerprint density at radius 3 is 2.81 bits per heavy atom. The normalized spacial score (nSPS) is 15.9. The first-order chi connectivity index (χ1) is 13.1. The number of benzene rings is 1. The van der Waals surface area contributed by atoms with Crippen molar-refractivity contribution in [2.45, 2.75) is 19.9 Å². The zero-order valence-corrected chi connectivity index (χ0v) is 15.3. The number of aryl methyl sites for hydroxylation is 1. The minimum Gasteiger partial charge on any atom is -0.448 e. The first-order valence-electron chi connectivity index (χ1n) is 9.22. The van der Waals surface area contributed by atoms with Crippen LogP contribution in [0.15, 0.2) is 47.0 Å².